The van der Waals surface area contributed by atoms with E-state index in [0.29, 0.717) is 32.2 Å². The van der Waals surface area contributed by atoms with Gasteiger partial charge in [0.15, 0.2) is 0 Å². The number of amides is 6. The summed E-state index contributed by atoms with van der Waals surface area (Å²) in [4.78, 5) is 77.1. The van der Waals surface area contributed by atoms with Gasteiger partial charge in [-0.2, -0.15) is 0 Å². The number of nitrogens with one attached hydrogen (secondary N) is 5. The van der Waals surface area contributed by atoms with E-state index in [1.807, 2.05) is 6.08 Å². The van der Waals surface area contributed by atoms with E-state index in [9.17, 15) is 28.8 Å². The van der Waals surface area contributed by atoms with Gasteiger partial charge in [-0.3, -0.25) is 24.0 Å². The van der Waals surface area contributed by atoms with Crippen LogP contribution in [0.4, 0.5) is 4.79 Å². The Kier molecular flexibility index (Phi) is 10.5. The molecule has 0 aromatic carbocycles. The van der Waals surface area contributed by atoms with Crippen LogP contribution in [0.5, 0.6) is 0 Å². The Morgan fingerprint density at radius 2 is 1.73 bits per heavy atom. The summed E-state index contributed by atoms with van der Waals surface area (Å²) in [5, 5.41) is 13.1. The van der Waals surface area contributed by atoms with Crippen molar-refractivity contribution in [3.05, 3.63) is 12.2 Å². The van der Waals surface area contributed by atoms with Crippen LogP contribution in [0, 0.1) is 0 Å². The molecule has 37 heavy (non-hydrogen) atoms. The van der Waals surface area contributed by atoms with Crippen molar-refractivity contribution in [1.29, 1.82) is 0 Å². The highest BCUT2D eigenvalue weighted by Gasteiger charge is 2.38. The topological polar surface area (TPSA) is 166 Å². The molecule has 0 aromatic rings. The first-order valence-electron chi connectivity index (χ1n) is 13.2. The van der Waals surface area contributed by atoms with Crippen molar-refractivity contribution in [3.63, 3.8) is 0 Å². The summed E-state index contributed by atoms with van der Waals surface area (Å²) in [5.74, 6) is -2.70. The van der Waals surface area contributed by atoms with Crippen molar-refractivity contribution in [1.82, 2.24) is 31.5 Å². The van der Waals surface area contributed by atoms with Crippen LogP contribution in [0.15, 0.2) is 12.2 Å². The largest absolute Gasteiger partial charge is 0.358 e. The second-order valence-corrected chi connectivity index (χ2v) is 9.76. The summed E-state index contributed by atoms with van der Waals surface area (Å²) in [6, 6.07) is -3.28. The summed E-state index contributed by atoms with van der Waals surface area (Å²) in [6.07, 6.45) is 10.0. The monoisotopic (exact) mass is 518 g/mol. The Labute approximate surface area is 216 Å². The molecule has 12 heteroatoms. The molecule has 12 nitrogen and oxygen atoms in total. The Balaban J connectivity index is 1.72. The predicted octanol–water partition coefficient (Wildman–Crippen LogP) is -0.366. The van der Waals surface area contributed by atoms with Gasteiger partial charge in [-0.15, -0.1) is 0 Å². The summed E-state index contributed by atoms with van der Waals surface area (Å²) in [5.41, 5.74) is 0. The van der Waals surface area contributed by atoms with E-state index in [4.69, 9.17) is 0 Å². The third kappa shape index (κ3) is 8.57. The third-order valence-electron chi connectivity index (χ3n) is 6.80. The molecular formula is C25H38N6O6. The maximum Gasteiger partial charge on any atom is 0.318 e. The number of carbonyl (C=O) groups excluding carboxylic acids is 6. The molecule has 0 radical (unpaired) electrons. The van der Waals surface area contributed by atoms with E-state index in [-0.39, 0.29) is 24.9 Å². The number of fused-ring (bicyclic) bond motifs is 1. The van der Waals surface area contributed by atoms with Gasteiger partial charge in [0, 0.05) is 19.6 Å². The van der Waals surface area contributed by atoms with Crippen LogP contribution in [-0.4, -0.2) is 84.6 Å². The first kappa shape index (κ1) is 28.1. The van der Waals surface area contributed by atoms with E-state index in [2.05, 4.69) is 26.6 Å². The molecule has 0 bridgehead atoms. The molecule has 6 amide bonds. The van der Waals surface area contributed by atoms with Crippen LogP contribution in [0.3, 0.4) is 0 Å². The van der Waals surface area contributed by atoms with E-state index in [1.54, 1.807) is 6.08 Å². The highest BCUT2D eigenvalue weighted by Crippen LogP contribution is 2.20. The van der Waals surface area contributed by atoms with Gasteiger partial charge in [-0.1, -0.05) is 25.0 Å². The van der Waals surface area contributed by atoms with Crippen LogP contribution < -0.4 is 26.6 Å². The van der Waals surface area contributed by atoms with Crippen molar-refractivity contribution in [2.75, 3.05) is 20.1 Å². The first-order valence-corrected chi connectivity index (χ1v) is 13.2. The fraction of sp³-hybridized carbons (Fsp3) is 0.680. The molecule has 3 rings (SSSR count). The minimum Gasteiger partial charge on any atom is -0.358 e. The van der Waals surface area contributed by atoms with Crippen LogP contribution in [0.1, 0.15) is 64.2 Å². The molecule has 0 spiro atoms. The summed E-state index contributed by atoms with van der Waals surface area (Å²) in [7, 11) is 1.47. The zero-order valence-corrected chi connectivity index (χ0v) is 21.3. The van der Waals surface area contributed by atoms with Gasteiger partial charge in [0.2, 0.25) is 23.5 Å². The van der Waals surface area contributed by atoms with E-state index < -0.39 is 47.7 Å². The molecule has 1 unspecified atom stereocenters. The molecule has 1 saturated carbocycles. The molecule has 1 aliphatic carbocycles. The van der Waals surface area contributed by atoms with E-state index in [1.165, 1.54) is 11.9 Å². The maximum absolute atomic E-state index is 13.2. The number of carbonyl (C=O) groups is 6. The van der Waals surface area contributed by atoms with Crippen LogP contribution in [0.2, 0.25) is 0 Å². The van der Waals surface area contributed by atoms with Gasteiger partial charge in [0.05, 0.1) is 6.54 Å². The molecule has 204 valence electrons. The Hall–Kier alpha value is -3.44. The first-order chi connectivity index (χ1) is 17.8. The molecule has 1 saturated heterocycles. The zero-order valence-electron chi connectivity index (χ0n) is 21.3. The quantitative estimate of drug-likeness (QED) is 0.238. The smallest absolute Gasteiger partial charge is 0.318 e. The molecule has 0 aromatic heterocycles. The number of Topliss-reactive ketones (excluding diaryl/α,β-unsaturated/α-hetero) is 1. The Morgan fingerprint density at radius 1 is 0.946 bits per heavy atom. The number of nitrogens with zero attached hydrogens (tertiary/aromatic N) is 1. The summed E-state index contributed by atoms with van der Waals surface area (Å²) >= 11 is 0. The second kappa shape index (κ2) is 13.8. The lowest BCUT2D eigenvalue weighted by atomic mass is 10.0. The molecule has 2 fully saturated rings. The number of hydrogen-bond acceptors (Lipinski definition) is 6. The van der Waals surface area contributed by atoms with Crippen molar-refractivity contribution < 1.29 is 28.8 Å². The number of rotatable bonds is 6. The van der Waals surface area contributed by atoms with Crippen LogP contribution in [0.25, 0.3) is 0 Å². The van der Waals surface area contributed by atoms with Crippen molar-refractivity contribution in [2.45, 2.75) is 88.4 Å². The van der Waals surface area contributed by atoms with Gasteiger partial charge >= 0.3 is 6.03 Å². The fourth-order valence-corrected chi connectivity index (χ4v) is 4.44. The Morgan fingerprint density at radius 3 is 2.46 bits per heavy atom. The molecule has 5 N–H and O–H groups in total. The summed E-state index contributed by atoms with van der Waals surface area (Å²) < 4.78 is 0. The number of ketones is 1. The van der Waals surface area contributed by atoms with Crippen LogP contribution in [-0.2, 0) is 24.0 Å². The van der Waals surface area contributed by atoms with Gasteiger partial charge in [-0.05, 0) is 51.4 Å². The van der Waals surface area contributed by atoms with Gasteiger partial charge in [0.1, 0.15) is 18.1 Å². The highest BCUT2D eigenvalue weighted by atomic mass is 16.2. The maximum atomic E-state index is 13.2. The van der Waals surface area contributed by atoms with Crippen molar-refractivity contribution in [2.24, 2.45) is 0 Å². The predicted molar refractivity (Wildman–Crippen MR) is 134 cm³/mol. The SMILES string of the molecule is CNC(=O)CNC(=O)[C@@H]1CCCCC/C=C\CC(C(=O)C(=O)NC2CC2)NC(=O)N2CCC[C@@H]2C(=O)N1. The normalized spacial score (nSPS) is 26.2. The second-order valence-electron chi connectivity index (χ2n) is 9.76. The lowest BCUT2D eigenvalue weighted by Crippen LogP contribution is -2.57. The van der Waals surface area contributed by atoms with Crippen molar-refractivity contribution in [3.8, 4) is 0 Å². The lowest BCUT2D eigenvalue weighted by Gasteiger charge is -2.28. The van der Waals surface area contributed by atoms with E-state index >= 15 is 0 Å². The minimum atomic E-state index is -1.04. The van der Waals surface area contributed by atoms with Gasteiger partial charge < -0.3 is 31.5 Å². The summed E-state index contributed by atoms with van der Waals surface area (Å²) in [6.45, 7) is 0.108. The number of hydrogen-bond donors (Lipinski definition) is 5. The number of urea groups is 1. The molecule has 3 aliphatic rings. The average molecular weight is 519 g/mol. The number of allylic oxidation sites excluding steroid dienone is 1. The third-order valence-corrected chi connectivity index (χ3v) is 6.80. The number of likely N-dealkylation sites (N-methyl/N-ethyl adjacent to an activating group) is 1. The minimum absolute atomic E-state index is 0.0158. The van der Waals surface area contributed by atoms with E-state index in [0.717, 1.165) is 32.1 Å². The fourth-order valence-electron chi connectivity index (χ4n) is 4.44. The molecule has 2 heterocycles. The van der Waals surface area contributed by atoms with Gasteiger partial charge in [0.25, 0.3) is 5.91 Å². The Bertz CT molecular complexity index is 917. The average Bonchev–Trinajstić information content (AvgIpc) is 3.56. The highest BCUT2D eigenvalue weighted by molar-refractivity contribution is 6.38. The molecular weight excluding hydrogens is 480 g/mol. The van der Waals surface area contributed by atoms with Crippen molar-refractivity contribution >= 4 is 35.4 Å². The van der Waals surface area contributed by atoms with Gasteiger partial charge in [-0.25, -0.2) is 4.79 Å². The zero-order chi connectivity index (χ0) is 26.8. The van der Waals surface area contributed by atoms with Crippen LogP contribution >= 0.6 is 0 Å². The molecule has 2 aliphatic heterocycles. The lowest BCUT2D eigenvalue weighted by molar-refractivity contribution is -0.139. The molecule has 3 atom stereocenters. The standard InChI is InChI=1S/C25H38N6O6/c1-26-20(32)15-27-22(34)18-10-7-5-3-2-4-6-9-17(21(33)24(36)28-16-12-13-16)30-25(37)31-14-8-11-19(31)23(35)29-18/h4,6,16-19H,2-3,5,7-15H2,1H3,(H,26,32)(H,27,34)(H,28,36)(H,29,35)(H,30,37)/b6-4-/t17?,18-,19+/m0/s1.